The first kappa shape index (κ1) is 10.9. The second-order valence-electron chi connectivity index (χ2n) is 2.82. The lowest BCUT2D eigenvalue weighted by molar-refractivity contribution is 0.757. The van der Waals surface area contributed by atoms with E-state index >= 15 is 0 Å². The Labute approximate surface area is 87.6 Å². The lowest BCUT2D eigenvalue weighted by Gasteiger charge is -1.99. The van der Waals surface area contributed by atoms with Crippen LogP contribution in [-0.2, 0) is 12.8 Å². The van der Waals surface area contributed by atoms with Gasteiger partial charge in [0, 0.05) is 30.7 Å². The van der Waals surface area contributed by atoms with Gasteiger partial charge in [-0.05, 0) is 6.92 Å². The molecular formula is C8H14ClN3S. The van der Waals surface area contributed by atoms with Crippen LogP contribution < -0.4 is 5.73 Å². The summed E-state index contributed by atoms with van der Waals surface area (Å²) in [4.78, 5) is 0. The fourth-order valence-electron chi connectivity index (χ4n) is 1.10. The van der Waals surface area contributed by atoms with Gasteiger partial charge in [-0.3, -0.25) is 4.68 Å². The molecule has 0 amide bonds. The minimum absolute atomic E-state index is 0.710. The molecule has 1 heterocycles. The van der Waals surface area contributed by atoms with Crippen LogP contribution >= 0.6 is 23.4 Å². The standard InChI is InChI=1S/C8H14ClN3S/c1-6-7(5-13-4-3-10)8(9)12(2)11-6/h3-5,10H2,1-2H3. The minimum atomic E-state index is 0.710. The fourth-order valence-corrected chi connectivity index (χ4v) is 2.28. The molecule has 0 spiro atoms. The molecule has 2 N–H and O–H groups in total. The van der Waals surface area contributed by atoms with Crippen LogP contribution in [0.5, 0.6) is 0 Å². The average molecular weight is 220 g/mol. The Kier molecular flexibility index (Phi) is 4.09. The third-order valence-electron chi connectivity index (χ3n) is 1.78. The molecule has 74 valence electrons. The second kappa shape index (κ2) is 4.88. The first-order chi connectivity index (χ1) is 6.16. The molecule has 0 saturated carbocycles. The Hall–Kier alpha value is -0.190. The minimum Gasteiger partial charge on any atom is -0.330 e. The van der Waals surface area contributed by atoms with Crippen molar-refractivity contribution in [2.24, 2.45) is 12.8 Å². The molecule has 13 heavy (non-hydrogen) atoms. The Morgan fingerprint density at radius 3 is 2.77 bits per heavy atom. The van der Waals surface area contributed by atoms with Crippen LogP contribution in [-0.4, -0.2) is 22.1 Å². The molecule has 0 bridgehead atoms. The number of nitrogens with two attached hydrogens (primary N) is 1. The zero-order valence-electron chi connectivity index (χ0n) is 7.88. The zero-order valence-corrected chi connectivity index (χ0v) is 9.45. The monoisotopic (exact) mass is 219 g/mol. The van der Waals surface area contributed by atoms with Gasteiger partial charge in [0.05, 0.1) is 5.69 Å². The van der Waals surface area contributed by atoms with Gasteiger partial charge in [0.15, 0.2) is 0 Å². The fraction of sp³-hybridized carbons (Fsp3) is 0.625. The normalized spacial score (nSPS) is 10.8. The molecule has 1 aromatic rings. The van der Waals surface area contributed by atoms with Gasteiger partial charge in [-0.1, -0.05) is 11.6 Å². The Morgan fingerprint density at radius 2 is 2.31 bits per heavy atom. The van der Waals surface area contributed by atoms with Crippen molar-refractivity contribution >= 4 is 23.4 Å². The number of aromatic nitrogens is 2. The van der Waals surface area contributed by atoms with Crippen LogP contribution in [0.25, 0.3) is 0 Å². The van der Waals surface area contributed by atoms with E-state index in [2.05, 4.69) is 5.10 Å². The molecule has 1 rings (SSSR count). The van der Waals surface area contributed by atoms with Gasteiger partial charge >= 0.3 is 0 Å². The first-order valence-electron chi connectivity index (χ1n) is 4.12. The summed E-state index contributed by atoms with van der Waals surface area (Å²) in [6.45, 7) is 2.69. The van der Waals surface area contributed by atoms with E-state index in [0.717, 1.165) is 27.9 Å². The lowest BCUT2D eigenvalue weighted by atomic mass is 10.3. The summed E-state index contributed by atoms with van der Waals surface area (Å²) in [5, 5.41) is 4.97. The Bertz CT molecular complexity index is 285. The van der Waals surface area contributed by atoms with E-state index in [1.807, 2.05) is 14.0 Å². The Balaban J connectivity index is 2.64. The topological polar surface area (TPSA) is 43.8 Å². The average Bonchev–Trinajstić information content (AvgIpc) is 2.32. The van der Waals surface area contributed by atoms with E-state index in [9.17, 15) is 0 Å². The summed E-state index contributed by atoms with van der Waals surface area (Å²) >= 11 is 7.83. The molecule has 0 aromatic carbocycles. The quantitative estimate of drug-likeness (QED) is 0.782. The van der Waals surface area contributed by atoms with E-state index < -0.39 is 0 Å². The number of halogens is 1. The van der Waals surface area contributed by atoms with E-state index in [1.54, 1.807) is 16.4 Å². The van der Waals surface area contributed by atoms with E-state index in [-0.39, 0.29) is 0 Å². The highest BCUT2D eigenvalue weighted by Gasteiger charge is 2.10. The van der Waals surface area contributed by atoms with Crippen LogP contribution in [0.15, 0.2) is 0 Å². The second-order valence-corrected chi connectivity index (χ2v) is 4.28. The predicted octanol–water partition coefficient (Wildman–Crippen LogP) is 1.57. The van der Waals surface area contributed by atoms with Crippen molar-refractivity contribution in [2.75, 3.05) is 12.3 Å². The number of nitrogens with zero attached hydrogens (tertiary/aromatic N) is 2. The summed E-state index contributed by atoms with van der Waals surface area (Å²) in [7, 11) is 1.85. The Morgan fingerprint density at radius 1 is 1.62 bits per heavy atom. The van der Waals surface area contributed by atoms with Gasteiger partial charge in [-0.15, -0.1) is 0 Å². The van der Waals surface area contributed by atoms with Gasteiger partial charge in [0.1, 0.15) is 5.15 Å². The zero-order chi connectivity index (χ0) is 9.84. The third kappa shape index (κ3) is 2.62. The molecule has 0 aliphatic carbocycles. The highest BCUT2D eigenvalue weighted by molar-refractivity contribution is 7.98. The molecule has 3 nitrogen and oxygen atoms in total. The number of hydrogen-bond acceptors (Lipinski definition) is 3. The van der Waals surface area contributed by atoms with Gasteiger partial charge in [0.25, 0.3) is 0 Å². The molecule has 0 aliphatic rings. The molecule has 0 saturated heterocycles. The maximum absolute atomic E-state index is 6.05. The molecule has 0 atom stereocenters. The summed E-state index contributed by atoms with van der Waals surface area (Å²) in [6, 6.07) is 0. The number of hydrogen-bond donors (Lipinski definition) is 1. The molecule has 0 unspecified atom stereocenters. The van der Waals surface area contributed by atoms with E-state index in [0.29, 0.717) is 6.54 Å². The maximum atomic E-state index is 6.05. The van der Waals surface area contributed by atoms with Crippen LogP contribution in [0.3, 0.4) is 0 Å². The molecule has 5 heteroatoms. The van der Waals surface area contributed by atoms with Crippen molar-refractivity contribution in [3.05, 3.63) is 16.4 Å². The molecule has 0 fully saturated rings. The van der Waals surface area contributed by atoms with Crippen LogP contribution in [0.2, 0.25) is 5.15 Å². The van der Waals surface area contributed by atoms with Crippen LogP contribution in [0.4, 0.5) is 0 Å². The highest BCUT2D eigenvalue weighted by Crippen LogP contribution is 2.23. The van der Waals surface area contributed by atoms with Gasteiger partial charge in [-0.25, -0.2) is 0 Å². The van der Waals surface area contributed by atoms with Gasteiger partial charge in [-0.2, -0.15) is 16.9 Å². The molecule has 0 aliphatic heterocycles. The molecule has 1 aromatic heterocycles. The van der Waals surface area contributed by atoms with Crippen molar-refractivity contribution in [1.29, 1.82) is 0 Å². The van der Waals surface area contributed by atoms with Crippen molar-refractivity contribution in [3.8, 4) is 0 Å². The lowest BCUT2D eigenvalue weighted by Crippen LogP contribution is -2.01. The third-order valence-corrected chi connectivity index (χ3v) is 3.27. The summed E-state index contributed by atoms with van der Waals surface area (Å²) < 4.78 is 1.70. The molecule has 0 radical (unpaired) electrons. The predicted molar refractivity (Wildman–Crippen MR) is 58.2 cm³/mol. The van der Waals surface area contributed by atoms with Crippen molar-refractivity contribution in [2.45, 2.75) is 12.7 Å². The van der Waals surface area contributed by atoms with Crippen LogP contribution in [0.1, 0.15) is 11.3 Å². The van der Waals surface area contributed by atoms with E-state index in [1.165, 1.54) is 0 Å². The first-order valence-corrected chi connectivity index (χ1v) is 5.66. The highest BCUT2D eigenvalue weighted by atomic mass is 35.5. The maximum Gasteiger partial charge on any atom is 0.131 e. The SMILES string of the molecule is Cc1nn(C)c(Cl)c1CSCCN. The number of rotatable bonds is 4. The largest absolute Gasteiger partial charge is 0.330 e. The van der Waals surface area contributed by atoms with Crippen molar-refractivity contribution in [1.82, 2.24) is 9.78 Å². The summed E-state index contributed by atoms with van der Waals surface area (Å²) in [5.41, 5.74) is 7.54. The smallest absolute Gasteiger partial charge is 0.131 e. The number of aryl methyl sites for hydroxylation is 2. The summed E-state index contributed by atoms with van der Waals surface area (Å²) in [5.74, 6) is 1.86. The van der Waals surface area contributed by atoms with Gasteiger partial charge < -0.3 is 5.73 Å². The van der Waals surface area contributed by atoms with Crippen molar-refractivity contribution in [3.63, 3.8) is 0 Å². The van der Waals surface area contributed by atoms with Gasteiger partial charge in [0.2, 0.25) is 0 Å². The molecular weight excluding hydrogens is 206 g/mol. The van der Waals surface area contributed by atoms with Crippen molar-refractivity contribution < 1.29 is 0 Å². The number of thioether (sulfide) groups is 1. The van der Waals surface area contributed by atoms with E-state index in [4.69, 9.17) is 17.3 Å². The summed E-state index contributed by atoms with van der Waals surface area (Å²) in [6.07, 6.45) is 0. The van der Waals surface area contributed by atoms with Crippen LogP contribution in [0, 0.1) is 6.92 Å².